The topological polar surface area (TPSA) is 56.2 Å². The molecule has 0 fully saturated rings. The number of amides is 1. The van der Waals surface area contributed by atoms with Crippen LogP contribution in [0.1, 0.15) is 42.6 Å². The number of carbonyl (C=O) groups excluding carboxylic acids is 1. The molecule has 4 heterocycles. The molecule has 0 aromatic carbocycles. The molecule has 0 atom stereocenters. The summed E-state index contributed by atoms with van der Waals surface area (Å²) in [6.45, 7) is 7.41. The van der Waals surface area contributed by atoms with Crippen LogP contribution < -0.4 is 0 Å². The van der Waals surface area contributed by atoms with Gasteiger partial charge < -0.3 is 13.9 Å². The molecule has 0 N–H and O–H groups in total. The molecule has 0 radical (unpaired) electrons. The lowest BCUT2D eigenvalue weighted by Crippen LogP contribution is -2.29. The molecule has 0 spiro atoms. The first-order valence-corrected chi connectivity index (χ1v) is 8.93. The van der Waals surface area contributed by atoms with Crippen LogP contribution in [-0.2, 0) is 18.6 Å². The van der Waals surface area contributed by atoms with Crippen molar-refractivity contribution in [3.8, 4) is 5.82 Å². The standard InChI is InChI=1S/C18H19BrN4O2/c1-18(2,3)23-16(21-8-4-5-9-21)12-10-22(11-13(12)20-23)17(24)14-6-7-15(19)25-14/h4-9H,10-11H2,1-3H3. The summed E-state index contributed by atoms with van der Waals surface area (Å²) in [6.07, 6.45) is 4.02. The van der Waals surface area contributed by atoms with E-state index in [-0.39, 0.29) is 11.4 Å². The molecule has 130 valence electrons. The van der Waals surface area contributed by atoms with Crippen molar-refractivity contribution in [3.63, 3.8) is 0 Å². The molecular formula is C18H19BrN4O2. The first-order valence-electron chi connectivity index (χ1n) is 8.14. The van der Waals surface area contributed by atoms with Gasteiger partial charge in [-0.25, -0.2) is 4.68 Å². The van der Waals surface area contributed by atoms with Crippen molar-refractivity contribution in [1.29, 1.82) is 0 Å². The van der Waals surface area contributed by atoms with E-state index in [0.29, 0.717) is 23.5 Å². The van der Waals surface area contributed by atoms with Crippen LogP contribution in [0.25, 0.3) is 5.82 Å². The fourth-order valence-electron chi connectivity index (χ4n) is 3.14. The predicted octanol–water partition coefficient (Wildman–Crippen LogP) is 3.94. The Labute approximate surface area is 154 Å². The van der Waals surface area contributed by atoms with Crippen molar-refractivity contribution in [2.45, 2.75) is 39.4 Å². The van der Waals surface area contributed by atoms with Crippen LogP contribution in [0.4, 0.5) is 0 Å². The molecule has 4 rings (SSSR count). The highest BCUT2D eigenvalue weighted by molar-refractivity contribution is 9.10. The summed E-state index contributed by atoms with van der Waals surface area (Å²) in [5, 5.41) is 4.81. The van der Waals surface area contributed by atoms with Crippen LogP contribution in [0.3, 0.4) is 0 Å². The number of nitrogens with zero attached hydrogens (tertiary/aromatic N) is 4. The number of halogens is 1. The number of rotatable bonds is 2. The van der Waals surface area contributed by atoms with Gasteiger partial charge in [0, 0.05) is 18.0 Å². The van der Waals surface area contributed by atoms with E-state index in [0.717, 1.165) is 17.1 Å². The van der Waals surface area contributed by atoms with E-state index in [1.165, 1.54) is 0 Å². The summed E-state index contributed by atoms with van der Waals surface area (Å²) >= 11 is 3.24. The first-order chi connectivity index (χ1) is 11.8. The molecule has 3 aromatic rings. The van der Waals surface area contributed by atoms with Gasteiger partial charge in [0.2, 0.25) is 0 Å². The van der Waals surface area contributed by atoms with Crippen molar-refractivity contribution >= 4 is 21.8 Å². The van der Waals surface area contributed by atoms with Crippen molar-refractivity contribution in [1.82, 2.24) is 19.2 Å². The molecule has 0 unspecified atom stereocenters. The van der Waals surface area contributed by atoms with Gasteiger partial charge in [0.15, 0.2) is 10.4 Å². The minimum Gasteiger partial charge on any atom is -0.444 e. The van der Waals surface area contributed by atoms with Gasteiger partial charge in [0.1, 0.15) is 5.82 Å². The van der Waals surface area contributed by atoms with E-state index in [1.807, 2.05) is 29.2 Å². The fourth-order valence-corrected chi connectivity index (χ4v) is 3.45. The Hall–Kier alpha value is -2.28. The van der Waals surface area contributed by atoms with Gasteiger partial charge in [0.05, 0.1) is 24.3 Å². The predicted molar refractivity (Wildman–Crippen MR) is 96.5 cm³/mol. The van der Waals surface area contributed by atoms with Gasteiger partial charge in [-0.1, -0.05) is 0 Å². The Morgan fingerprint density at radius 1 is 1.20 bits per heavy atom. The third-order valence-corrected chi connectivity index (χ3v) is 4.71. The molecule has 0 saturated heterocycles. The summed E-state index contributed by atoms with van der Waals surface area (Å²) in [4.78, 5) is 14.4. The quantitative estimate of drug-likeness (QED) is 0.652. The second-order valence-corrected chi connectivity index (χ2v) is 7.97. The molecule has 1 amide bonds. The molecule has 6 nitrogen and oxygen atoms in total. The average molecular weight is 403 g/mol. The van der Waals surface area contributed by atoms with E-state index in [4.69, 9.17) is 9.52 Å². The Morgan fingerprint density at radius 2 is 1.92 bits per heavy atom. The highest BCUT2D eigenvalue weighted by Crippen LogP contribution is 2.33. The summed E-state index contributed by atoms with van der Waals surface area (Å²) in [6, 6.07) is 7.40. The van der Waals surface area contributed by atoms with Crippen molar-refractivity contribution < 1.29 is 9.21 Å². The van der Waals surface area contributed by atoms with E-state index < -0.39 is 0 Å². The van der Waals surface area contributed by atoms with Gasteiger partial charge >= 0.3 is 0 Å². The molecule has 0 bridgehead atoms. The number of hydrogen-bond donors (Lipinski definition) is 0. The van der Waals surface area contributed by atoms with E-state index >= 15 is 0 Å². The van der Waals surface area contributed by atoms with Gasteiger partial charge in [-0.15, -0.1) is 0 Å². The second kappa shape index (κ2) is 5.62. The maximum absolute atomic E-state index is 12.7. The summed E-state index contributed by atoms with van der Waals surface area (Å²) in [7, 11) is 0. The van der Waals surface area contributed by atoms with Gasteiger partial charge in [-0.05, 0) is 61.0 Å². The Morgan fingerprint density at radius 3 is 2.52 bits per heavy atom. The minimum atomic E-state index is -0.148. The SMILES string of the molecule is CC(C)(C)n1nc2c(c1-n1cccc1)CN(C(=O)c1ccc(Br)o1)C2. The normalized spacial score (nSPS) is 14.2. The van der Waals surface area contributed by atoms with Crippen molar-refractivity contribution in [2.75, 3.05) is 0 Å². The Kier molecular flexibility index (Phi) is 3.64. The maximum atomic E-state index is 12.7. The lowest BCUT2D eigenvalue weighted by molar-refractivity contribution is 0.0714. The van der Waals surface area contributed by atoms with Crippen molar-refractivity contribution in [2.24, 2.45) is 0 Å². The molecule has 3 aromatic heterocycles. The first kappa shape index (κ1) is 16.2. The molecule has 0 aliphatic carbocycles. The maximum Gasteiger partial charge on any atom is 0.290 e. The number of aromatic nitrogens is 3. The van der Waals surface area contributed by atoms with Crippen LogP contribution in [0.2, 0.25) is 0 Å². The number of carbonyl (C=O) groups is 1. The smallest absolute Gasteiger partial charge is 0.290 e. The van der Waals surface area contributed by atoms with E-state index in [1.54, 1.807) is 17.0 Å². The molecule has 1 aliphatic heterocycles. The Bertz CT molecular complexity index is 931. The third kappa shape index (κ3) is 2.72. The van der Waals surface area contributed by atoms with Gasteiger partial charge in [0.25, 0.3) is 5.91 Å². The zero-order valence-electron chi connectivity index (χ0n) is 14.4. The number of fused-ring (bicyclic) bond motifs is 1. The van der Waals surface area contributed by atoms with Crippen LogP contribution >= 0.6 is 15.9 Å². The second-order valence-electron chi connectivity index (χ2n) is 7.19. The lowest BCUT2D eigenvalue weighted by atomic mass is 10.1. The van der Waals surface area contributed by atoms with Gasteiger partial charge in [-0.2, -0.15) is 5.10 Å². The number of hydrogen-bond acceptors (Lipinski definition) is 3. The molecular weight excluding hydrogens is 384 g/mol. The highest BCUT2D eigenvalue weighted by Gasteiger charge is 2.34. The molecule has 0 saturated carbocycles. The zero-order chi connectivity index (χ0) is 17.8. The zero-order valence-corrected chi connectivity index (χ0v) is 15.9. The number of furan rings is 1. The van der Waals surface area contributed by atoms with Crippen LogP contribution in [0.5, 0.6) is 0 Å². The van der Waals surface area contributed by atoms with Gasteiger partial charge in [-0.3, -0.25) is 4.79 Å². The lowest BCUT2D eigenvalue weighted by Gasteiger charge is -2.24. The Balaban J connectivity index is 1.72. The molecule has 25 heavy (non-hydrogen) atoms. The average Bonchev–Trinajstić information content (AvgIpc) is 3.28. The van der Waals surface area contributed by atoms with Crippen molar-refractivity contribution in [3.05, 3.63) is 58.3 Å². The minimum absolute atomic E-state index is 0.121. The molecule has 7 heteroatoms. The fraction of sp³-hybridized carbons (Fsp3) is 0.333. The molecule has 1 aliphatic rings. The van der Waals surface area contributed by atoms with Crippen LogP contribution in [-0.4, -0.2) is 25.2 Å². The summed E-state index contributed by atoms with van der Waals surface area (Å²) in [5.41, 5.74) is 1.88. The monoisotopic (exact) mass is 402 g/mol. The highest BCUT2D eigenvalue weighted by atomic mass is 79.9. The third-order valence-electron chi connectivity index (χ3n) is 4.28. The van der Waals surface area contributed by atoms with Crippen LogP contribution in [0, 0.1) is 0 Å². The summed E-state index contributed by atoms with van der Waals surface area (Å²) < 4.78 is 10.1. The van der Waals surface area contributed by atoms with E-state index in [2.05, 4.69) is 41.3 Å². The van der Waals surface area contributed by atoms with Crippen LogP contribution in [0.15, 0.2) is 45.7 Å². The summed E-state index contributed by atoms with van der Waals surface area (Å²) in [5.74, 6) is 1.23. The van der Waals surface area contributed by atoms with E-state index in [9.17, 15) is 4.79 Å². The largest absolute Gasteiger partial charge is 0.444 e.